The number of carbonyl (C=O) groups is 1. The third-order valence-electron chi connectivity index (χ3n) is 3.02. The van der Waals surface area contributed by atoms with Crippen molar-refractivity contribution in [3.63, 3.8) is 0 Å². The van der Waals surface area contributed by atoms with E-state index in [2.05, 4.69) is 0 Å². The summed E-state index contributed by atoms with van der Waals surface area (Å²) in [6, 6.07) is 14.0. The van der Waals surface area contributed by atoms with Gasteiger partial charge in [-0.05, 0) is 24.6 Å². The fourth-order valence-corrected chi connectivity index (χ4v) is 2.07. The molecule has 0 fully saturated rings. The van der Waals surface area contributed by atoms with Crippen LogP contribution in [0.5, 0.6) is 0 Å². The summed E-state index contributed by atoms with van der Waals surface area (Å²) in [5.74, 6) is -0.935. The molecule has 2 nitrogen and oxygen atoms in total. The van der Waals surface area contributed by atoms with Gasteiger partial charge in [0.05, 0.1) is 12.2 Å². The lowest BCUT2D eigenvalue weighted by Gasteiger charge is -2.22. The molecule has 0 spiro atoms. The minimum Gasteiger partial charge on any atom is -0.304 e. The van der Waals surface area contributed by atoms with Gasteiger partial charge in [0.25, 0.3) is 0 Å². The normalized spacial score (nSPS) is 10.3. The minimum absolute atomic E-state index is 0.180. The van der Waals surface area contributed by atoms with Gasteiger partial charge >= 0.3 is 0 Å². The van der Waals surface area contributed by atoms with Gasteiger partial charge in [-0.15, -0.1) is 11.6 Å². The van der Waals surface area contributed by atoms with E-state index in [4.69, 9.17) is 11.6 Å². The van der Waals surface area contributed by atoms with E-state index in [0.29, 0.717) is 6.54 Å². The smallest absolute Gasteiger partial charge is 0.242 e. The summed E-state index contributed by atoms with van der Waals surface area (Å²) in [6.45, 7) is 2.29. The SMILES string of the molecule is Cc1ccc(CN(C(=O)CCl)c2ccccc2F)cc1. The first-order chi connectivity index (χ1) is 9.61. The molecular formula is C16H15ClFNO. The monoisotopic (exact) mass is 291 g/mol. The van der Waals surface area contributed by atoms with Crippen molar-refractivity contribution in [1.29, 1.82) is 0 Å². The lowest BCUT2D eigenvalue weighted by atomic mass is 10.1. The maximum atomic E-state index is 13.9. The molecule has 2 rings (SSSR count). The van der Waals surface area contributed by atoms with Crippen molar-refractivity contribution in [3.05, 3.63) is 65.5 Å². The second kappa shape index (κ2) is 6.53. The first-order valence-electron chi connectivity index (χ1n) is 6.28. The number of para-hydroxylation sites is 1. The van der Waals surface area contributed by atoms with Crippen LogP contribution < -0.4 is 4.90 Å². The lowest BCUT2D eigenvalue weighted by Crippen LogP contribution is -2.32. The van der Waals surface area contributed by atoms with Gasteiger partial charge in [0.1, 0.15) is 11.7 Å². The van der Waals surface area contributed by atoms with Crippen LogP contribution in [0.15, 0.2) is 48.5 Å². The molecule has 0 unspecified atom stereocenters. The molecule has 104 valence electrons. The van der Waals surface area contributed by atoms with E-state index in [9.17, 15) is 9.18 Å². The maximum absolute atomic E-state index is 13.9. The zero-order chi connectivity index (χ0) is 14.5. The predicted molar refractivity (Wildman–Crippen MR) is 79.5 cm³/mol. The van der Waals surface area contributed by atoms with Crippen LogP contribution in [0.1, 0.15) is 11.1 Å². The molecule has 0 aliphatic heterocycles. The van der Waals surface area contributed by atoms with Gasteiger partial charge in [-0.1, -0.05) is 42.0 Å². The van der Waals surface area contributed by atoms with Crippen molar-refractivity contribution in [3.8, 4) is 0 Å². The largest absolute Gasteiger partial charge is 0.304 e. The van der Waals surface area contributed by atoms with Crippen LogP contribution in [0.25, 0.3) is 0 Å². The van der Waals surface area contributed by atoms with Gasteiger partial charge < -0.3 is 4.90 Å². The number of amides is 1. The molecule has 20 heavy (non-hydrogen) atoms. The third-order valence-corrected chi connectivity index (χ3v) is 3.25. The summed E-state index contributed by atoms with van der Waals surface area (Å²) in [7, 11) is 0. The Kier molecular flexibility index (Phi) is 4.74. The van der Waals surface area contributed by atoms with E-state index in [0.717, 1.165) is 11.1 Å². The Balaban J connectivity index is 2.31. The highest BCUT2D eigenvalue weighted by Crippen LogP contribution is 2.21. The zero-order valence-electron chi connectivity index (χ0n) is 11.1. The van der Waals surface area contributed by atoms with Crippen molar-refractivity contribution in [2.24, 2.45) is 0 Å². The number of alkyl halides is 1. The molecule has 0 N–H and O–H groups in total. The Morgan fingerprint density at radius 1 is 1.15 bits per heavy atom. The third kappa shape index (κ3) is 3.36. The first kappa shape index (κ1) is 14.5. The Bertz CT molecular complexity index is 598. The van der Waals surface area contributed by atoms with Crippen molar-refractivity contribution in [1.82, 2.24) is 0 Å². The van der Waals surface area contributed by atoms with E-state index in [1.54, 1.807) is 18.2 Å². The zero-order valence-corrected chi connectivity index (χ0v) is 11.9. The summed E-state index contributed by atoms with van der Waals surface area (Å²) < 4.78 is 13.9. The van der Waals surface area contributed by atoms with Gasteiger partial charge in [0.15, 0.2) is 0 Å². The maximum Gasteiger partial charge on any atom is 0.242 e. The van der Waals surface area contributed by atoms with Gasteiger partial charge in [-0.2, -0.15) is 0 Å². The minimum atomic E-state index is -0.432. The topological polar surface area (TPSA) is 20.3 Å². The fourth-order valence-electron chi connectivity index (χ4n) is 1.93. The summed E-state index contributed by atoms with van der Waals surface area (Å²) in [6.07, 6.45) is 0. The average molecular weight is 292 g/mol. The summed E-state index contributed by atoms with van der Waals surface area (Å²) in [5.41, 5.74) is 2.31. The van der Waals surface area contributed by atoms with Crippen LogP contribution in [0, 0.1) is 12.7 Å². The highest BCUT2D eigenvalue weighted by Gasteiger charge is 2.18. The van der Waals surface area contributed by atoms with E-state index in [1.807, 2.05) is 31.2 Å². The molecular weight excluding hydrogens is 277 g/mol. The second-order valence-corrected chi connectivity index (χ2v) is 4.82. The molecule has 4 heteroatoms. The van der Waals surface area contributed by atoms with E-state index in [1.165, 1.54) is 11.0 Å². The predicted octanol–water partition coefficient (Wildman–Crippen LogP) is 3.91. The number of benzene rings is 2. The highest BCUT2D eigenvalue weighted by molar-refractivity contribution is 6.29. The molecule has 0 atom stereocenters. The molecule has 0 aromatic heterocycles. The lowest BCUT2D eigenvalue weighted by molar-refractivity contribution is -0.116. The Morgan fingerprint density at radius 2 is 1.80 bits per heavy atom. The van der Waals surface area contributed by atoms with E-state index >= 15 is 0 Å². The van der Waals surface area contributed by atoms with Gasteiger partial charge in [-0.3, -0.25) is 4.79 Å². The van der Waals surface area contributed by atoms with Crippen LogP contribution in [-0.4, -0.2) is 11.8 Å². The molecule has 0 aliphatic carbocycles. The van der Waals surface area contributed by atoms with Crippen LogP contribution in [0.3, 0.4) is 0 Å². The van der Waals surface area contributed by atoms with Gasteiger partial charge in [0, 0.05) is 0 Å². The Morgan fingerprint density at radius 3 is 2.40 bits per heavy atom. The van der Waals surface area contributed by atoms with Gasteiger partial charge in [0.2, 0.25) is 5.91 Å². The molecule has 2 aromatic carbocycles. The standard InChI is InChI=1S/C16H15ClFNO/c1-12-6-8-13(9-7-12)11-19(16(20)10-17)15-5-3-2-4-14(15)18/h2-9H,10-11H2,1H3. The molecule has 1 amide bonds. The molecule has 0 radical (unpaired) electrons. The number of nitrogens with zero attached hydrogens (tertiary/aromatic N) is 1. The summed E-state index contributed by atoms with van der Waals surface area (Å²) >= 11 is 5.63. The molecule has 0 bridgehead atoms. The van der Waals surface area contributed by atoms with E-state index < -0.39 is 5.82 Å². The molecule has 0 saturated heterocycles. The fraction of sp³-hybridized carbons (Fsp3) is 0.188. The number of aryl methyl sites for hydroxylation is 1. The summed E-state index contributed by atoms with van der Waals surface area (Å²) in [4.78, 5) is 13.3. The highest BCUT2D eigenvalue weighted by atomic mass is 35.5. The van der Waals surface area contributed by atoms with Crippen LogP contribution in [0.4, 0.5) is 10.1 Å². The van der Waals surface area contributed by atoms with Crippen LogP contribution >= 0.6 is 11.6 Å². The number of anilines is 1. The summed E-state index contributed by atoms with van der Waals surface area (Å²) in [5, 5.41) is 0. The number of hydrogen-bond donors (Lipinski definition) is 0. The number of rotatable bonds is 4. The number of carbonyl (C=O) groups excluding carboxylic acids is 1. The van der Waals surface area contributed by atoms with Gasteiger partial charge in [-0.25, -0.2) is 4.39 Å². The quantitative estimate of drug-likeness (QED) is 0.782. The second-order valence-electron chi connectivity index (χ2n) is 4.55. The average Bonchev–Trinajstić information content (AvgIpc) is 2.47. The van der Waals surface area contributed by atoms with Crippen LogP contribution in [0.2, 0.25) is 0 Å². The first-order valence-corrected chi connectivity index (χ1v) is 6.81. The van der Waals surface area contributed by atoms with Crippen molar-refractivity contribution >= 4 is 23.2 Å². The molecule has 0 heterocycles. The number of halogens is 2. The Hall–Kier alpha value is -1.87. The van der Waals surface area contributed by atoms with E-state index in [-0.39, 0.29) is 17.5 Å². The molecule has 2 aromatic rings. The van der Waals surface area contributed by atoms with Crippen molar-refractivity contribution in [2.45, 2.75) is 13.5 Å². The van der Waals surface area contributed by atoms with Crippen LogP contribution in [-0.2, 0) is 11.3 Å². The number of hydrogen-bond acceptors (Lipinski definition) is 1. The molecule has 0 saturated carbocycles. The molecule has 0 aliphatic rings. The van der Waals surface area contributed by atoms with Crippen molar-refractivity contribution < 1.29 is 9.18 Å². The Labute approximate surface area is 122 Å². The van der Waals surface area contributed by atoms with Crippen molar-refractivity contribution in [2.75, 3.05) is 10.8 Å².